The molecule has 0 radical (unpaired) electrons. The second-order valence-corrected chi connectivity index (χ2v) is 5.53. The summed E-state index contributed by atoms with van der Waals surface area (Å²) in [5.74, 6) is -0.119. The lowest BCUT2D eigenvalue weighted by Gasteiger charge is -2.05. The van der Waals surface area contributed by atoms with E-state index in [2.05, 4.69) is 22.7 Å². The van der Waals surface area contributed by atoms with Gasteiger partial charge in [0.05, 0.1) is 12.1 Å². The van der Waals surface area contributed by atoms with Gasteiger partial charge in [-0.2, -0.15) is 5.10 Å². The predicted octanol–water partition coefficient (Wildman–Crippen LogP) is 3.26. The maximum Gasteiger partial charge on any atom is 0.246 e. The Bertz CT molecular complexity index is 863. The number of carbonyl (C=O) groups excluding carboxylic acids is 1. The number of hydrogen-bond acceptors (Lipinski definition) is 2. The van der Waals surface area contributed by atoms with Crippen LogP contribution in [0.3, 0.4) is 0 Å². The minimum atomic E-state index is -0.119. The molecular formula is C19H19N3O. The summed E-state index contributed by atoms with van der Waals surface area (Å²) in [6.07, 6.45) is 0.302. The van der Waals surface area contributed by atoms with Crippen LogP contribution in [0.4, 0.5) is 0 Å². The Morgan fingerprint density at radius 1 is 1.09 bits per heavy atom. The highest BCUT2D eigenvalue weighted by molar-refractivity contribution is 5.99. The van der Waals surface area contributed by atoms with Crippen molar-refractivity contribution in [1.29, 1.82) is 0 Å². The average Bonchev–Trinajstić information content (AvgIpc) is 2.90. The molecule has 0 spiro atoms. The van der Waals surface area contributed by atoms with Crippen molar-refractivity contribution in [3.8, 4) is 0 Å². The number of aryl methyl sites for hydroxylation is 1. The van der Waals surface area contributed by atoms with Gasteiger partial charge in [0.2, 0.25) is 5.91 Å². The molecule has 0 atom stereocenters. The molecule has 23 heavy (non-hydrogen) atoms. The molecule has 0 saturated carbocycles. The maximum atomic E-state index is 12.1. The highest BCUT2D eigenvalue weighted by Gasteiger charge is 2.09. The van der Waals surface area contributed by atoms with Gasteiger partial charge in [-0.25, -0.2) is 5.43 Å². The minimum absolute atomic E-state index is 0.119. The van der Waals surface area contributed by atoms with Crippen molar-refractivity contribution in [1.82, 2.24) is 9.99 Å². The van der Waals surface area contributed by atoms with Crippen LogP contribution in [0.5, 0.6) is 0 Å². The molecule has 1 N–H and O–H groups in total. The molecule has 0 aliphatic rings. The first-order chi connectivity index (χ1) is 11.1. The molecule has 1 heterocycles. The summed E-state index contributed by atoms with van der Waals surface area (Å²) in [6.45, 7) is 1.88. The lowest BCUT2D eigenvalue weighted by Crippen LogP contribution is -2.22. The highest BCUT2D eigenvalue weighted by Crippen LogP contribution is 2.18. The van der Waals surface area contributed by atoms with Crippen LogP contribution in [0.1, 0.15) is 18.2 Å². The summed E-state index contributed by atoms with van der Waals surface area (Å²) < 4.78 is 2.04. The van der Waals surface area contributed by atoms with Crippen molar-refractivity contribution < 1.29 is 4.79 Å². The molecule has 116 valence electrons. The van der Waals surface area contributed by atoms with Crippen molar-refractivity contribution in [2.75, 3.05) is 0 Å². The number of amides is 1. The molecule has 1 aromatic heterocycles. The normalized spacial score (nSPS) is 11.7. The summed E-state index contributed by atoms with van der Waals surface area (Å²) in [5.41, 5.74) is 6.52. The molecule has 0 saturated heterocycles. The minimum Gasteiger partial charge on any atom is -0.347 e. The average molecular weight is 305 g/mol. The van der Waals surface area contributed by atoms with Gasteiger partial charge in [-0.15, -0.1) is 0 Å². The summed E-state index contributed by atoms with van der Waals surface area (Å²) in [5, 5.41) is 5.32. The molecule has 0 unspecified atom stereocenters. The molecule has 1 amide bonds. The smallest absolute Gasteiger partial charge is 0.246 e. The molecule has 0 fully saturated rings. The number of hydrazone groups is 1. The maximum absolute atomic E-state index is 12.1. The number of aromatic nitrogens is 1. The first kappa shape index (κ1) is 15.0. The largest absolute Gasteiger partial charge is 0.347 e. The summed E-state index contributed by atoms with van der Waals surface area (Å²) >= 11 is 0. The van der Waals surface area contributed by atoms with Crippen LogP contribution in [0.15, 0.2) is 65.8 Å². The number of benzene rings is 2. The summed E-state index contributed by atoms with van der Waals surface area (Å²) in [4.78, 5) is 12.1. The fraction of sp³-hybridized carbons (Fsp3) is 0.158. The topological polar surface area (TPSA) is 46.4 Å². The van der Waals surface area contributed by atoms with E-state index in [4.69, 9.17) is 0 Å². The zero-order valence-electron chi connectivity index (χ0n) is 13.3. The molecule has 0 aliphatic carbocycles. The summed E-state index contributed by atoms with van der Waals surface area (Å²) in [7, 11) is 1.98. The van der Waals surface area contributed by atoms with Crippen LogP contribution < -0.4 is 5.43 Å². The number of nitrogens with zero attached hydrogens (tertiary/aromatic N) is 2. The van der Waals surface area contributed by atoms with Crippen LogP contribution in [0.25, 0.3) is 10.9 Å². The van der Waals surface area contributed by atoms with Crippen LogP contribution >= 0.6 is 0 Å². The fourth-order valence-corrected chi connectivity index (χ4v) is 2.61. The number of fused-ring (bicyclic) bond motifs is 1. The van der Waals surface area contributed by atoms with Crippen molar-refractivity contribution in [3.63, 3.8) is 0 Å². The Balaban J connectivity index is 1.70. The van der Waals surface area contributed by atoms with E-state index < -0.39 is 0 Å². The Morgan fingerprint density at radius 3 is 2.52 bits per heavy atom. The number of rotatable bonds is 4. The number of nitrogens with one attached hydrogen (secondary N) is 1. The zero-order valence-corrected chi connectivity index (χ0v) is 13.3. The van der Waals surface area contributed by atoms with Crippen molar-refractivity contribution in [3.05, 3.63) is 71.9 Å². The Morgan fingerprint density at radius 2 is 1.78 bits per heavy atom. The van der Waals surface area contributed by atoms with Gasteiger partial charge in [0.1, 0.15) is 0 Å². The van der Waals surface area contributed by atoms with E-state index in [1.165, 1.54) is 0 Å². The second-order valence-electron chi connectivity index (χ2n) is 5.53. The first-order valence-electron chi connectivity index (χ1n) is 7.57. The Kier molecular flexibility index (Phi) is 4.24. The van der Waals surface area contributed by atoms with Crippen molar-refractivity contribution in [2.24, 2.45) is 12.1 Å². The van der Waals surface area contributed by atoms with E-state index in [1.54, 1.807) is 0 Å². The number of para-hydroxylation sites is 1. The standard InChI is InChI=1S/C19H19N3O/c1-14(15-8-4-3-5-9-15)20-21-19(23)13-17-12-16-10-6-7-11-18(16)22(17)2/h3-12H,13H2,1-2H3,(H,21,23)/b20-14-. The van der Waals surface area contributed by atoms with Crippen molar-refractivity contribution >= 4 is 22.5 Å². The van der Waals surface area contributed by atoms with Gasteiger partial charge in [0.15, 0.2) is 0 Å². The van der Waals surface area contributed by atoms with Gasteiger partial charge < -0.3 is 4.57 Å². The van der Waals surface area contributed by atoms with Gasteiger partial charge in [0, 0.05) is 18.3 Å². The van der Waals surface area contributed by atoms with Gasteiger partial charge in [-0.1, -0.05) is 48.5 Å². The Labute approximate surface area is 135 Å². The summed E-state index contributed by atoms with van der Waals surface area (Å²) in [6, 6.07) is 19.9. The molecule has 3 rings (SSSR count). The van der Waals surface area contributed by atoms with Crippen molar-refractivity contribution in [2.45, 2.75) is 13.3 Å². The monoisotopic (exact) mass is 305 g/mol. The van der Waals surface area contributed by atoms with Crippen LogP contribution in [0, 0.1) is 0 Å². The number of carbonyl (C=O) groups is 1. The van der Waals surface area contributed by atoms with E-state index in [9.17, 15) is 4.79 Å². The van der Waals surface area contributed by atoms with Gasteiger partial charge in [-0.3, -0.25) is 4.79 Å². The molecular weight excluding hydrogens is 286 g/mol. The van der Waals surface area contributed by atoms with E-state index >= 15 is 0 Å². The molecule has 0 aliphatic heterocycles. The van der Waals surface area contributed by atoms with Gasteiger partial charge >= 0.3 is 0 Å². The zero-order chi connectivity index (χ0) is 16.2. The Hall–Kier alpha value is -2.88. The highest BCUT2D eigenvalue weighted by atomic mass is 16.2. The fourth-order valence-electron chi connectivity index (χ4n) is 2.61. The quantitative estimate of drug-likeness (QED) is 0.583. The lowest BCUT2D eigenvalue weighted by atomic mass is 10.1. The van der Waals surface area contributed by atoms with Gasteiger partial charge in [0.25, 0.3) is 0 Å². The van der Waals surface area contributed by atoms with Crippen LogP contribution in [-0.4, -0.2) is 16.2 Å². The van der Waals surface area contributed by atoms with Gasteiger partial charge in [-0.05, 0) is 30.0 Å². The first-order valence-corrected chi connectivity index (χ1v) is 7.57. The van der Waals surface area contributed by atoms with Crippen LogP contribution in [-0.2, 0) is 18.3 Å². The predicted molar refractivity (Wildman–Crippen MR) is 93.4 cm³/mol. The second kappa shape index (κ2) is 6.48. The van der Waals surface area contributed by atoms with E-state index in [1.807, 2.05) is 67.1 Å². The van der Waals surface area contributed by atoms with E-state index in [-0.39, 0.29) is 5.91 Å². The van der Waals surface area contributed by atoms with E-state index in [0.29, 0.717) is 6.42 Å². The third-order valence-corrected chi connectivity index (χ3v) is 3.93. The SMILES string of the molecule is C/C(=N/NC(=O)Cc1cc2ccccc2n1C)c1ccccc1. The molecule has 0 bridgehead atoms. The molecule has 4 heteroatoms. The van der Waals surface area contributed by atoms with Crippen LogP contribution in [0.2, 0.25) is 0 Å². The number of hydrogen-bond donors (Lipinski definition) is 1. The third-order valence-electron chi connectivity index (χ3n) is 3.93. The lowest BCUT2D eigenvalue weighted by molar-refractivity contribution is -0.120. The molecule has 2 aromatic carbocycles. The molecule has 4 nitrogen and oxygen atoms in total. The third kappa shape index (κ3) is 3.31. The molecule has 3 aromatic rings. The van der Waals surface area contributed by atoms with E-state index in [0.717, 1.165) is 27.9 Å².